The predicted molar refractivity (Wildman–Crippen MR) is 96.3 cm³/mol. The Morgan fingerprint density at radius 2 is 2.28 bits per heavy atom. The minimum absolute atomic E-state index is 0.184. The molecule has 0 saturated carbocycles. The zero-order chi connectivity index (χ0) is 18.2. The monoisotopic (exact) mass is 350 g/mol. The zero-order valence-electron chi connectivity index (χ0n) is 15.5. The van der Waals surface area contributed by atoms with E-state index in [4.69, 9.17) is 4.74 Å². The highest BCUT2D eigenvalue weighted by Gasteiger charge is 2.27. The molecule has 0 radical (unpaired) electrons. The summed E-state index contributed by atoms with van der Waals surface area (Å²) in [4.78, 5) is 16.7. The van der Waals surface area contributed by atoms with Crippen molar-refractivity contribution in [2.24, 2.45) is 0 Å². The van der Waals surface area contributed by atoms with Crippen molar-refractivity contribution in [3.63, 3.8) is 0 Å². The minimum Gasteiger partial charge on any atom is -0.461 e. The van der Waals surface area contributed by atoms with Gasteiger partial charge in [-0.25, -0.2) is 4.79 Å². The number of ether oxygens (including phenoxy) is 1. The van der Waals surface area contributed by atoms with E-state index in [0.29, 0.717) is 24.9 Å². The number of nitrogens with zero attached hydrogens (tertiary/aromatic N) is 3. The number of rotatable bonds is 8. The number of aliphatic hydroxyl groups excluding tert-OH is 1. The van der Waals surface area contributed by atoms with Gasteiger partial charge >= 0.3 is 5.97 Å². The molecule has 0 spiro atoms. The van der Waals surface area contributed by atoms with Crippen molar-refractivity contribution in [2.75, 3.05) is 39.4 Å². The number of carbonyl (C=O) groups is 1. The van der Waals surface area contributed by atoms with Gasteiger partial charge in [-0.1, -0.05) is 11.6 Å². The first kappa shape index (κ1) is 19.6. The summed E-state index contributed by atoms with van der Waals surface area (Å²) in [6.45, 7) is 10.8. The molecule has 1 aliphatic heterocycles. The van der Waals surface area contributed by atoms with Gasteiger partial charge in [-0.2, -0.15) is 5.10 Å². The molecule has 25 heavy (non-hydrogen) atoms. The van der Waals surface area contributed by atoms with Crippen molar-refractivity contribution in [3.05, 3.63) is 29.1 Å². The number of hydrogen-bond acceptors (Lipinski definition) is 6. The van der Waals surface area contributed by atoms with Crippen LogP contribution >= 0.6 is 0 Å². The third-order valence-electron chi connectivity index (χ3n) is 4.48. The lowest BCUT2D eigenvalue weighted by atomic mass is 10.1. The van der Waals surface area contributed by atoms with E-state index in [9.17, 15) is 9.90 Å². The summed E-state index contributed by atoms with van der Waals surface area (Å²) in [7, 11) is 0. The van der Waals surface area contributed by atoms with Crippen LogP contribution in [0.15, 0.2) is 17.8 Å². The van der Waals surface area contributed by atoms with Crippen LogP contribution in [0.2, 0.25) is 0 Å². The van der Waals surface area contributed by atoms with Crippen molar-refractivity contribution in [1.82, 2.24) is 20.0 Å². The highest BCUT2D eigenvalue weighted by molar-refractivity contribution is 5.88. The smallest absolute Gasteiger partial charge is 0.356 e. The summed E-state index contributed by atoms with van der Waals surface area (Å²) in [5.41, 5.74) is 2.61. The SMILES string of the molecule is CCOC(=O)c1[nH]ncc1CN1CCN(CC=C(C)C)C(CCO)C1. The second-order valence-corrected chi connectivity index (χ2v) is 6.67. The molecule has 1 aliphatic rings. The molecular weight excluding hydrogens is 320 g/mol. The lowest BCUT2D eigenvalue weighted by molar-refractivity contribution is 0.0509. The summed E-state index contributed by atoms with van der Waals surface area (Å²) in [5.74, 6) is -0.357. The Kier molecular flexibility index (Phi) is 7.61. The molecule has 2 N–H and O–H groups in total. The van der Waals surface area contributed by atoms with E-state index in [0.717, 1.165) is 38.2 Å². The first-order chi connectivity index (χ1) is 12.0. The second-order valence-electron chi connectivity index (χ2n) is 6.67. The maximum atomic E-state index is 12.0. The molecule has 2 rings (SSSR count). The largest absolute Gasteiger partial charge is 0.461 e. The van der Waals surface area contributed by atoms with Crippen molar-refractivity contribution in [1.29, 1.82) is 0 Å². The second kappa shape index (κ2) is 9.70. The molecule has 140 valence electrons. The molecule has 0 aliphatic carbocycles. The van der Waals surface area contributed by atoms with E-state index in [-0.39, 0.29) is 12.6 Å². The first-order valence-corrected chi connectivity index (χ1v) is 8.95. The summed E-state index contributed by atoms with van der Waals surface area (Å²) in [5, 5.41) is 16.1. The lowest BCUT2D eigenvalue weighted by Gasteiger charge is -2.41. The summed E-state index contributed by atoms with van der Waals surface area (Å²) in [6, 6.07) is 0.312. The molecule has 1 atom stereocenters. The van der Waals surface area contributed by atoms with Crippen LogP contribution in [0.3, 0.4) is 0 Å². The van der Waals surface area contributed by atoms with Gasteiger partial charge in [0.25, 0.3) is 0 Å². The highest BCUT2D eigenvalue weighted by Crippen LogP contribution is 2.17. The van der Waals surface area contributed by atoms with E-state index >= 15 is 0 Å². The number of aromatic nitrogens is 2. The van der Waals surface area contributed by atoms with Gasteiger partial charge < -0.3 is 9.84 Å². The Morgan fingerprint density at radius 1 is 1.48 bits per heavy atom. The molecule has 1 fully saturated rings. The quantitative estimate of drug-likeness (QED) is 0.545. The molecule has 0 amide bonds. The van der Waals surface area contributed by atoms with Crippen LogP contribution in [0, 0.1) is 0 Å². The minimum atomic E-state index is -0.357. The molecule has 0 bridgehead atoms. The van der Waals surface area contributed by atoms with Gasteiger partial charge in [0.2, 0.25) is 0 Å². The normalized spacial score (nSPS) is 19.0. The standard InChI is InChI=1S/C18H30N4O3/c1-4-25-18(24)17-15(11-19-20-17)12-21-8-9-22(7-5-14(2)3)16(13-21)6-10-23/h5,11,16,23H,4,6-10,12-13H2,1-3H3,(H,19,20). The summed E-state index contributed by atoms with van der Waals surface area (Å²) >= 11 is 0. The van der Waals surface area contributed by atoms with Gasteiger partial charge in [-0.05, 0) is 27.2 Å². The zero-order valence-corrected chi connectivity index (χ0v) is 15.5. The molecule has 7 heteroatoms. The molecule has 0 aromatic carbocycles. The maximum Gasteiger partial charge on any atom is 0.356 e. The van der Waals surface area contributed by atoms with E-state index in [1.165, 1.54) is 5.57 Å². The van der Waals surface area contributed by atoms with Crippen molar-refractivity contribution in [2.45, 2.75) is 39.8 Å². The third-order valence-corrected chi connectivity index (χ3v) is 4.48. The van der Waals surface area contributed by atoms with E-state index in [2.05, 4.69) is 39.9 Å². The fraction of sp³-hybridized carbons (Fsp3) is 0.667. The summed E-state index contributed by atoms with van der Waals surface area (Å²) in [6.07, 6.45) is 4.68. The average molecular weight is 350 g/mol. The first-order valence-electron chi connectivity index (χ1n) is 8.95. The fourth-order valence-corrected chi connectivity index (χ4v) is 3.12. The van der Waals surface area contributed by atoms with Gasteiger partial charge in [-0.3, -0.25) is 14.9 Å². The van der Waals surface area contributed by atoms with E-state index in [1.54, 1.807) is 13.1 Å². The van der Waals surface area contributed by atoms with Gasteiger partial charge in [0.15, 0.2) is 0 Å². The number of allylic oxidation sites excluding steroid dienone is 1. The number of aromatic amines is 1. The van der Waals surface area contributed by atoms with E-state index in [1.807, 2.05) is 0 Å². The van der Waals surface area contributed by atoms with Crippen LogP contribution in [0.1, 0.15) is 43.2 Å². The number of carbonyl (C=O) groups excluding carboxylic acids is 1. The number of nitrogens with one attached hydrogen (secondary N) is 1. The van der Waals surface area contributed by atoms with Crippen LogP contribution < -0.4 is 0 Å². The van der Waals surface area contributed by atoms with E-state index < -0.39 is 0 Å². The van der Waals surface area contributed by atoms with Crippen LogP contribution in [0.4, 0.5) is 0 Å². The average Bonchev–Trinajstić information content (AvgIpc) is 3.03. The predicted octanol–water partition coefficient (Wildman–Crippen LogP) is 1.42. The highest BCUT2D eigenvalue weighted by atomic mass is 16.5. The Hall–Kier alpha value is -1.70. The van der Waals surface area contributed by atoms with Gasteiger partial charge in [-0.15, -0.1) is 0 Å². The molecule has 2 heterocycles. The number of piperazine rings is 1. The number of aliphatic hydroxyl groups is 1. The van der Waals surface area contributed by atoms with Gasteiger partial charge in [0, 0.05) is 50.9 Å². The Bertz CT molecular complexity index is 581. The van der Waals surface area contributed by atoms with Crippen LogP contribution in [-0.2, 0) is 11.3 Å². The number of H-pyrrole nitrogens is 1. The van der Waals surface area contributed by atoms with Crippen LogP contribution in [0.5, 0.6) is 0 Å². The molecule has 1 unspecified atom stereocenters. The Morgan fingerprint density at radius 3 is 2.96 bits per heavy atom. The Labute approximate surface area is 149 Å². The van der Waals surface area contributed by atoms with Crippen LogP contribution in [-0.4, -0.2) is 76.5 Å². The van der Waals surface area contributed by atoms with Crippen LogP contribution in [0.25, 0.3) is 0 Å². The maximum absolute atomic E-state index is 12.0. The lowest BCUT2D eigenvalue weighted by Crippen LogP contribution is -2.53. The topological polar surface area (TPSA) is 81.7 Å². The molecule has 7 nitrogen and oxygen atoms in total. The molecule has 1 saturated heterocycles. The number of hydrogen-bond donors (Lipinski definition) is 2. The van der Waals surface area contributed by atoms with Crippen molar-refractivity contribution in [3.8, 4) is 0 Å². The molecule has 1 aromatic rings. The molecule has 1 aromatic heterocycles. The third kappa shape index (κ3) is 5.66. The summed E-state index contributed by atoms with van der Waals surface area (Å²) < 4.78 is 5.07. The number of esters is 1. The van der Waals surface area contributed by atoms with Gasteiger partial charge in [0.05, 0.1) is 12.8 Å². The molecular formula is C18H30N4O3. The van der Waals surface area contributed by atoms with Crippen molar-refractivity contribution < 1.29 is 14.6 Å². The fourth-order valence-electron chi connectivity index (χ4n) is 3.12. The Balaban J connectivity index is 1.99. The van der Waals surface area contributed by atoms with Crippen molar-refractivity contribution >= 4 is 5.97 Å². The van der Waals surface area contributed by atoms with Gasteiger partial charge in [0.1, 0.15) is 5.69 Å².